The topological polar surface area (TPSA) is 113 Å². The van der Waals surface area contributed by atoms with Crippen LogP contribution >= 0.6 is 23.1 Å². The van der Waals surface area contributed by atoms with Gasteiger partial charge in [0.05, 0.1) is 32.3 Å². The van der Waals surface area contributed by atoms with Crippen molar-refractivity contribution in [1.29, 1.82) is 0 Å². The smallest absolute Gasteiger partial charge is 0.253 e. The van der Waals surface area contributed by atoms with Crippen LogP contribution in [0.1, 0.15) is 33.6 Å². The molecule has 0 bridgehead atoms. The first-order valence-electron chi connectivity index (χ1n) is 10.9. The van der Waals surface area contributed by atoms with E-state index in [-0.39, 0.29) is 16.6 Å². The summed E-state index contributed by atoms with van der Waals surface area (Å²) < 4.78 is 30.2. The zero-order valence-electron chi connectivity index (χ0n) is 18.5. The van der Waals surface area contributed by atoms with Gasteiger partial charge in [-0.3, -0.25) is 14.8 Å². The number of halogens is 1. The summed E-state index contributed by atoms with van der Waals surface area (Å²) in [6, 6.07) is 11.5. The summed E-state index contributed by atoms with van der Waals surface area (Å²) >= 11 is 7.32. The molecule has 3 heterocycles. The normalized spacial score (nSPS) is 15.9. The largest absolute Gasteiger partial charge is 0.384 e. The van der Waals surface area contributed by atoms with Gasteiger partial charge in [-0.15, -0.1) is 0 Å². The third-order valence-corrected chi connectivity index (χ3v) is 9.29. The third kappa shape index (κ3) is 4.66. The Morgan fingerprint density at radius 2 is 1.80 bits per heavy atom. The van der Waals surface area contributed by atoms with Crippen molar-refractivity contribution < 1.29 is 18.3 Å². The van der Waals surface area contributed by atoms with Crippen LogP contribution < -0.4 is 0 Å². The molecule has 0 saturated carbocycles. The standard InChI is InChI=1S/C24H21ClN4O4S2/c25-18-14-28-34-22(18)24(31)8-12-29(13-9-24)23(30)17-6-4-16(5-7-17)15-35(32,33)20-3-1-2-19-21(20)27-11-10-26-19/h1-7,10-11,14,31H,8-9,12-13,15H2. The highest BCUT2D eigenvalue weighted by Crippen LogP contribution is 2.39. The Kier molecular flexibility index (Phi) is 6.30. The number of carbonyl (C=O) groups excluding carboxylic acids is 1. The molecule has 5 rings (SSSR count). The summed E-state index contributed by atoms with van der Waals surface area (Å²) in [6.45, 7) is 0.754. The van der Waals surface area contributed by atoms with Gasteiger partial charge in [-0.1, -0.05) is 29.8 Å². The molecule has 11 heteroatoms. The van der Waals surface area contributed by atoms with Crippen LogP contribution in [0.25, 0.3) is 11.0 Å². The summed E-state index contributed by atoms with van der Waals surface area (Å²) in [5, 5.41) is 11.4. The molecule has 1 N–H and O–H groups in total. The lowest BCUT2D eigenvalue weighted by Crippen LogP contribution is -2.45. The van der Waals surface area contributed by atoms with Crippen molar-refractivity contribution in [3.63, 3.8) is 0 Å². The van der Waals surface area contributed by atoms with Gasteiger partial charge in [0, 0.05) is 31.0 Å². The summed E-state index contributed by atoms with van der Waals surface area (Å²) in [5.41, 5.74) is 0.796. The summed E-state index contributed by atoms with van der Waals surface area (Å²) in [4.78, 5) is 23.8. The number of aromatic nitrogens is 3. The highest BCUT2D eigenvalue weighted by atomic mass is 35.5. The lowest BCUT2D eigenvalue weighted by Gasteiger charge is -2.37. The van der Waals surface area contributed by atoms with Crippen molar-refractivity contribution in [2.75, 3.05) is 13.1 Å². The van der Waals surface area contributed by atoms with Gasteiger partial charge in [0.2, 0.25) is 0 Å². The Morgan fingerprint density at radius 1 is 1.09 bits per heavy atom. The second kappa shape index (κ2) is 9.27. The Balaban J connectivity index is 1.28. The van der Waals surface area contributed by atoms with Gasteiger partial charge in [-0.2, -0.15) is 4.37 Å². The number of rotatable bonds is 5. The van der Waals surface area contributed by atoms with E-state index in [4.69, 9.17) is 11.6 Å². The van der Waals surface area contributed by atoms with Crippen molar-refractivity contribution in [2.45, 2.75) is 29.1 Å². The number of aliphatic hydroxyl groups is 1. The first kappa shape index (κ1) is 23.8. The van der Waals surface area contributed by atoms with Crippen molar-refractivity contribution in [1.82, 2.24) is 19.2 Å². The van der Waals surface area contributed by atoms with E-state index >= 15 is 0 Å². The van der Waals surface area contributed by atoms with Crippen LogP contribution in [0.2, 0.25) is 5.02 Å². The van der Waals surface area contributed by atoms with Gasteiger partial charge < -0.3 is 10.0 Å². The molecule has 180 valence electrons. The van der Waals surface area contributed by atoms with Crippen LogP contribution in [-0.2, 0) is 21.2 Å². The van der Waals surface area contributed by atoms with E-state index in [1.807, 2.05) is 0 Å². The molecule has 35 heavy (non-hydrogen) atoms. The maximum absolute atomic E-state index is 13.1. The highest BCUT2D eigenvalue weighted by molar-refractivity contribution is 7.90. The quantitative estimate of drug-likeness (QED) is 0.418. The molecule has 2 aromatic heterocycles. The number of likely N-dealkylation sites (tertiary alicyclic amines) is 1. The molecule has 1 amide bonds. The summed E-state index contributed by atoms with van der Waals surface area (Å²) in [7, 11) is -3.67. The second-order valence-corrected chi connectivity index (χ2v) is 11.6. The Morgan fingerprint density at radius 3 is 2.49 bits per heavy atom. The average molecular weight is 529 g/mol. The van der Waals surface area contributed by atoms with E-state index in [0.717, 1.165) is 0 Å². The van der Waals surface area contributed by atoms with Crippen LogP contribution in [0, 0.1) is 0 Å². The predicted octanol–water partition coefficient (Wildman–Crippen LogP) is 3.84. The first-order valence-corrected chi connectivity index (χ1v) is 13.7. The SMILES string of the molecule is O=C(c1ccc(CS(=O)(=O)c2cccc3nccnc23)cc1)N1CCC(O)(c2sncc2Cl)CC1. The summed E-state index contributed by atoms with van der Waals surface area (Å²) in [6.07, 6.45) is 5.24. The van der Waals surface area contributed by atoms with Crippen molar-refractivity contribution >= 4 is 49.9 Å². The number of hydrogen-bond acceptors (Lipinski definition) is 8. The molecule has 0 atom stereocenters. The van der Waals surface area contributed by atoms with Gasteiger partial charge in [-0.25, -0.2) is 8.42 Å². The number of piperidine rings is 1. The van der Waals surface area contributed by atoms with E-state index in [1.165, 1.54) is 36.2 Å². The Bertz CT molecular complexity index is 1490. The zero-order chi connectivity index (χ0) is 24.6. The molecule has 0 unspecified atom stereocenters. The van der Waals surface area contributed by atoms with E-state index in [1.54, 1.807) is 41.3 Å². The first-order chi connectivity index (χ1) is 16.8. The molecular weight excluding hydrogens is 508 g/mol. The lowest BCUT2D eigenvalue weighted by atomic mass is 9.89. The minimum Gasteiger partial charge on any atom is -0.384 e. The number of fused-ring (bicyclic) bond motifs is 1. The third-order valence-electron chi connectivity index (χ3n) is 6.18. The van der Waals surface area contributed by atoms with Crippen LogP contribution in [0.3, 0.4) is 0 Å². The van der Waals surface area contributed by atoms with Crippen molar-refractivity contribution in [3.05, 3.63) is 82.1 Å². The number of nitrogens with zero attached hydrogens (tertiary/aromatic N) is 4. The lowest BCUT2D eigenvalue weighted by molar-refractivity contribution is -0.0182. The van der Waals surface area contributed by atoms with Crippen LogP contribution in [0.15, 0.2) is 66.0 Å². The second-order valence-electron chi connectivity index (χ2n) is 8.46. The van der Waals surface area contributed by atoms with Crippen LogP contribution in [-0.4, -0.2) is 51.8 Å². The zero-order valence-corrected chi connectivity index (χ0v) is 20.9. The number of amides is 1. The number of benzene rings is 2. The average Bonchev–Trinajstić information content (AvgIpc) is 3.31. The van der Waals surface area contributed by atoms with Crippen molar-refractivity contribution in [2.24, 2.45) is 0 Å². The summed E-state index contributed by atoms with van der Waals surface area (Å²) in [5.74, 6) is -0.384. The van der Waals surface area contributed by atoms with Gasteiger partial charge >= 0.3 is 0 Å². The van der Waals surface area contributed by atoms with E-state index in [2.05, 4.69) is 14.3 Å². The molecular formula is C24H21ClN4O4S2. The molecule has 1 saturated heterocycles. The monoisotopic (exact) mass is 528 g/mol. The van der Waals surface area contributed by atoms with Gasteiger partial charge in [-0.05, 0) is 54.2 Å². The molecule has 4 aromatic rings. The molecule has 0 spiro atoms. The number of hydrogen-bond donors (Lipinski definition) is 1. The molecule has 0 aliphatic carbocycles. The fourth-order valence-electron chi connectivity index (χ4n) is 4.28. The Hall–Kier alpha value is -2.92. The molecule has 1 aliphatic rings. The number of carbonyl (C=O) groups is 1. The van der Waals surface area contributed by atoms with Gasteiger partial charge in [0.25, 0.3) is 5.91 Å². The predicted molar refractivity (Wildman–Crippen MR) is 133 cm³/mol. The maximum Gasteiger partial charge on any atom is 0.253 e. The fraction of sp³-hybridized carbons (Fsp3) is 0.250. The minimum absolute atomic E-state index is 0.130. The molecule has 8 nitrogen and oxygen atoms in total. The van der Waals surface area contributed by atoms with E-state index < -0.39 is 15.4 Å². The van der Waals surface area contributed by atoms with Crippen LogP contribution in [0.4, 0.5) is 0 Å². The van der Waals surface area contributed by atoms with Gasteiger partial charge in [0.15, 0.2) is 9.84 Å². The molecule has 0 radical (unpaired) electrons. The van der Waals surface area contributed by atoms with Crippen LogP contribution in [0.5, 0.6) is 0 Å². The van der Waals surface area contributed by atoms with E-state index in [9.17, 15) is 18.3 Å². The number of para-hydroxylation sites is 1. The van der Waals surface area contributed by atoms with Gasteiger partial charge in [0.1, 0.15) is 11.1 Å². The molecule has 2 aromatic carbocycles. The number of sulfone groups is 1. The molecule has 1 aliphatic heterocycles. The van der Waals surface area contributed by atoms with E-state index in [0.29, 0.717) is 58.0 Å². The van der Waals surface area contributed by atoms with Crippen molar-refractivity contribution in [3.8, 4) is 0 Å². The fourth-order valence-corrected chi connectivity index (χ4v) is 6.97. The maximum atomic E-state index is 13.1. The minimum atomic E-state index is -3.67. The highest BCUT2D eigenvalue weighted by Gasteiger charge is 2.38. The molecule has 1 fully saturated rings. The Labute approximate surface area is 211 Å².